The van der Waals surface area contributed by atoms with Gasteiger partial charge in [0, 0.05) is 11.6 Å². The van der Waals surface area contributed by atoms with Gasteiger partial charge >= 0.3 is 0 Å². The monoisotopic (exact) mass is 157 g/mol. The van der Waals surface area contributed by atoms with Gasteiger partial charge in [-0.05, 0) is 18.7 Å². The van der Waals surface area contributed by atoms with E-state index in [4.69, 9.17) is 11.6 Å². The van der Waals surface area contributed by atoms with Gasteiger partial charge in [-0.1, -0.05) is 30.8 Å². The molecule has 1 nitrogen and oxygen atoms in total. The maximum absolute atomic E-state index is 5.54. The number of halogens is 1. The molecule has 0 aliphatic carbocycles. The lowest BCUT2D eigenvalue weighted by atomic mass is 10.2. The number of hydrogen-bond acceptors (Lipinski definition) is 1. The topological polar surface area (TPSA) is 12.0 Å². The van der Waals surface area contributed by atoms with Crippen molar-refractivity contribution in [3.8, 4) is 0 Å². The Bertz CT molecular complexity index is 159. The predicted molar refractivity (Wildman–Crippen MR) is 47.2 cm³/mol. The Balaban J connectivity index is 4.03. The highest BCUT2D eigenvalue weighted by atomic mass is 35.5. The van der Waals surface area contributed by atoms with Crippen molar-refractivity contribution in [1.29, 1.82) is 0 Å². The van der Waals surface area contributed by atoms with E-state index in [-0.39, 0.29) is 0 Å². The van der Waals surface area contributed by atoms with Gasteiger partial charge < -0.3 is 5.32 Å². The minimum absolute atomic E-state index is 0.533. The van der Waals surface area contributed by atoms with Crippen molar-refractivity contribution in [2.24, 2.45) is 0 Å². The van der Waals surface area contributed by atoms with Gasteiger partial charge in [0.25, 0.3) is 0 Å². The van der Waals surface area contributed by atoms with Crippen molar-refractivity contribution in [2.75, 3.05) is 13.6 Å². The smallest absolute Gasteiger partial charge is 0.0337 e. The standard InChI is InChI=1S/C8H12ClN/c1-4-8(6-10-3)5-7(2)9/h4-5,10H,1-2,6H2,3H3/b8-5+. The van der Waals surface area contributed by atoms with Crippen molar-refractivity contribution in [3.05, 3.63) is 35.9 Å². The van der Waals surface area contributed by atoms with Gasteiger partial charge in [-0.3, -0.25) is 0 Å². The summed E-state index contributed by atoms with van der Waals surface area (Å²) in [5.74, 6) is 0. The number of allylic oxidation sites excluding steroid dienone is 2. The van der Waals surface area contributed by atoms with Crippen LogP contribution in [-0.4, -0.2) is 13.6 Å². The largest absolute Gasteiger partial charge is 0.316 e. The first-order chi connectivity index (χ1) is 4.70. The molecule has 0 spiro atoms. The molecule has 0 saturated heterocycles. The fourth-order valence-electron chi connectivity index (χ4n) is 0.587. The third-order valence-electron chi connectivity index (χ3n) is 0.985. The zero-order chi connectivity index (χ0) is 7.98. The number of rotatable bonds is 4. The van der Waals surface area contributed by atoms with Crippen LogP contribution in [0, 0.1) is 0 Å². The maximum Gasteiger partial charge on any atom is 0.0337 e. The van der Waals surface area contributed by atoms with Crippen molar-refractivity contribution in [2.45, 2.75) is 0 Å². The molecule has 0 aromatic rings. The highest BCUT2D eigenvalue weighted by Gasteiger charge is 1.88. The molecule has 10 heavy (non-hydrogen) atoms. The summed E-state index contributed by atoms with van der Waals surface area (Å²) in [4.78, 5) is 0. The van der Waals surface area contributed by atoms with E-state index < -0.39 is 0 Å². The van der Waals surface area contributed by atoms with E-state index in [9.17, 15) is 0 Å². The Morgan fingerprint density at radius 3 is 2.60 bits per heavy atom. The Kier molecular flexibility index (Phi) is 4.99. The van der Waals surface area contributed by atoms with E-state index in [1.807, 2.05) is 7.05 Å². The molecule has 0 fully saturated rings. The second-order valence-corrected chi connectivity index (χ2v) is 2.39. The van der Waals surface area contributed by atoms with Gasteiger partial charge in [0.2, 0.25) is 0 Å². The van der Waals surface area contributed by atoms with Crippen molar-refractivity contribution < 1.29 is 0 Å². The van der Waals surface area contributed by atoms with Crippen molar-refractivity contribution in [1.82, 2.24) is 5.32 Å². The highest BCUT2D eigenvalue weighted by Crippen LogP contribution is 2.04. The Morgan fingerprint density at radius 2 is 2.30 bits per heavy atom. The molecule has 0 aliphatic rings. The molecular weight excluding hydrogens is 146 g/mol. The summed E-state index contributed by atoms with van der Waals surface area (Å²) < 4.78 is 0. The molecular formula is C8H12ClN. The number of nitrogens with one attached hydrogen (secondary N) is 1. The van der Waals surface area contributed by atoms with E-state index in [1.54, 1.807) is 12.2 Å². The van der Waals surface area contributed by atoms with E-state index in [0.717, 1.165) is 12.1 Å². The van der Waals surface area contributed by atoms with Crippen LogP contribution in [-0.2, 0) is 0 Å². The molecule has 0 aliphatic heterocycles. The van der Waals surface area contributed by atoms with E-state index in [2.05, 4.69) is 18.5 Å². The van der Waals surface area contributed by atoms with Gasteiger partial charge in [-0.2, -0.15) is 0 Å². The summed E-state index contributed by atoms with van der Waals surface area (Å²) in [6.07, 6.45) is 3.54. The van der Waals surface area contributed by atoms with Crippen LogP contribution in [0.25, 0.3) is 0 Å². The maximum atomic E-state index is 5.54. The van der Waals surface area contributed by atoms with E-state index >= 15 is 0 Å². The zero-order valence-electron chi connectivity index (χ0n) is 6.15. The average molecular weight is 158 g/mol. The Hall–Kier alpha value is -0.530. The third-order valence-corrected chi connectivity index (χ3v) is 1.09. The molecule has 0 bridgehead atoms. The molecule has 0 radical (unpaired) electrons. The molecule has 1 N–H and O–H groups in total. The molecule has 56 valence electrons. The van der Waals surface area contributed by atoms with Crippen LogP contribution in [0.15, 0.2) is 35.9 Å². The lowest BCUT2D eigenvalue weighted by molar-refractivity contribution is 0.896. The Morgan fingerprint density at radius 1 is 1.70 bits per heavy atom. The summed E-state index contributed by atoms with van der Waals surface area (Å²) >= 11 is 5.54. The summed E-state index contributed by atoms with van der Waals surface area (Å²) in [5.41, 5.74) is 1.04. The first-order valence-corrected chi connectivity index (χ1v) is 3.40. The molecule has 0 amide bonds. The van der Waals surface area contributed by atoms with Crippen LogP contribution in [0.2, 0.25) is 0 Å². The second-order valence-electron chi connectivity index (χ2n) is 1.90. The lowest BCUT2D eigenvalue weighted by Crippen LogP contribution is -2.08. The van der Waals surface area contributed by atoms with Crippen LogP contribution >= 0.6 is 11.6 Å². The summed E-state index contributed by atoms with van der Waals surface area (Å²) in [6.45, 7) is 7.94. The molecule has 0 aromatic carbocycles. The average Bonchev–Trinajstić information content (AvgIpc) is 1.86. The molecule has 0 heterocycles. The molecule has 0 aromatic heterocycles. The predicted octanol–water partition coefficient (Wildman–Crippen LogP) is 2.07. The molecule has 2 heteroatoms. The van der Waals surface area contributed by atoms with E-state index in [0.29, 0.717) is 5.03 Å². The molecule has 0 unspecified atom stereocenters. The fraction of sp³-hybridized carbons (Fsp3) is 0.250. The minimum Gasteiger partial charge on any atom is -0.316 e. The molecule has 0 saturated carbocycles. The number of hydrogen-bond donors (Lipinski definition) is 1. The Labute approximate surface area is 67.1 Å². The lowest BCUT2D eigenvalue weighted by Gasteiger charge is -1.98. The quantitative estimate of drug-likeness (QED) is 0.617. The number of likely N-dealkylation sites (N-methyl/N-ethyl adjacent to an activating group) is 1. The third kappa shape index (κ3) is 4.36. The highest BCUT2D eigenvalue weighted by molar-refractivity contribution is 6.30. The minimum atomic E-state index is 0.533. The second kappa shape index (κ2) is 5.27. The van der Waals surface area contributed by atoms with Gasteiger partial charge in [0.15, 0.2) is 0 Å². The zero-order valence-corrected chi connectivity index (χ0v) is 6.91. The van der Waals surface area contributed by atoms with Crippen LogP contribution in [0.4, 0.5) is 0 Å². The van der Waals surface area contributed by atoms with Crippen molar-refractivity contribution >= 4 is 11.6 Å². The normalized spacial score (nSPS) is 11.2. The van der Waals surface area contributed by atoms with Gasteiger partial charge in [0.05, 0.1) is 0 Å². The summed E-state index contributed by atoms with van der Waals surface area (Å²) in [5, 5.41) is 3.52. The van der Waals surface area contributed by atoms with Crippen LogP contribution in [0.3, 0.4) is 0 Å². The van der Waals surface area contributed by atoms with E-state index in [1.165, 1.54) is 0 Å². The van der Waals surface area contributed by atoms with Crippen LogP contribution in [0.5, 0.6) is 0 Å². The summed E-state index contributed by atoms with van der Waals surface area (Å²) in [7, 11) is 1.87. The van der Waals surface area contributed by atoms with Crippen LogP contribution < -0.4 is 5.32 Å². The molecule has 0 rings (SSSR count). The summed E-state index contributed by atoms with van der Waals surface area (Å²) in [6, 6.07) is 0. The first-order valence-electron chi connectivity index (χ1n) is 3.02. The van der Waals surface area contributed by atoms with Crippen LogP contribution in [0.1, 0.15) is 0 Å². The van der Waals surface area contributed by atoms with Gasteiger partial charge in [-0.15, -0.1) is 0 Å². The fourth-order valence-corrected chi connectivity index (χ4v) is 0.728. The first kappa shape index (κ1) is 9.47. The van der Waals surface area contributed by atoms with Crippen molar-refractivity contribution in [3.63, 3.8) is 0 Å². The molecule has 0 atom stereocenters. The van der Waals surface area contributed by atoms with Gasteiger partial charge in [-0.25, -0.2) is 0 Å². The van der Waals surface area contributed by atoms with Gasteiger partial charge in [0.1, 0.15) is 0 Å². The SMILES string of the molecule is C=C/C(=C\C(=C)Cl)CNC.